The van der Waals surface area contributed by atoms with E-state index in [0.717, 1.165) is 6.20 Å². The van der Waals surface area contributed by atoms with Crippen LogP contribution in [0.2, 0.25) is 0 Å². The number of aldehydes is 1. The zero-order valence-electron chi connectivity index (χ0n) is 6.18. The van der Waals surface area contributed by atoms with Gasteiger partial charge in [-0.25, -0.2) is 0 Å². The first kappa shape index (κ1) is 10.2. The summed E-state index contributed by atoms with van der Waals surface area (Å²) in [5.41, 5.74) is -0.0377. The summed E-state index contributed by atoms with van der Waals surface area (Å²) in [6, 6.07) is 0. The molecule has 0 saturated carbocycles. The second-order valence-corrected chi connectivity index (χ2v) is 3.15. The van der Waals surface area contributed by atoms with Crippen LogP contribution in [-0.2, 0) is 6.54 Å². The molecule has 0 atom stereocenters. The van der Waals surface area contributed by atoms with Crippen LogP contribution in [0.1, 0.15) is 10.5 Å². The molecule has 1 rings (SSSR count). The van der Waals surface area contributed by atoms with Gasteiger partial charge in [-0.3, -0.25) is 9.48 Å². The van der Waals surface area contributed by atoms with Crippen molar-refractivity contribution < 1.29 is 18.0 Å². The van der Waals surface area contributed by atoms with E-state index in [4.69, 9.17) is 0 Å². The third kappa shape index (κ3) is 2.83. The van der Waals surface area contributed by atoms with E-state index in [2.05, 4.69) is 21.0 Å². The topological polar surface area (TPSA) is 34.9 Å². The van der Waals surface area contributed by atoms with Gasteiger partial charge in [-0.2, -0.15) is 18.3 Å². The van der Waals surface area contributed by atoms with Crippen LogP contribution < -0.4 is 0 Å². The van der Waals surface area contributed by atoms with Crippen LogP contribution in [0.3, 0.4) is 0 Å². The van der Waals surface area contributed by atoms with Crippen LogP contribution in [0, 0.1) is 0 Å². The summed E-state index contributed by atoms with van der Waals surface area (Å²) in [7, 11) is 0. The monoisotopic (exact) mass is 256 g/mol. The molecule has 1 heterocycles. The van der Waals surface area contributed by atoms with Crippen molar-refractivity contribution in [2.24, 2.45) is 0 Å². The average molecular weight is 257 g/mol. The first-order valence-electron chi connectivity index (χ1n) is 3.17. The first-order valence-corrected chi connectivity index (χ1v) is 3.96. The highest BCUT2D eigenvalue weighted by atomic mass is 79.9. The summed E-state index contributed by atoms with van der Waals surface area (Å²) >= 11 is 2.90. The largest absolute Gasteiger partial charge is 0.408 e. The van der Waals surface area contributed by atoms with Gasteiger partial charge in [-0.15, -0.1) is 0 Å². The predicted molar refractivity (Wildman–Crippen MR) is 41.4 cm³/mol. The van der Waals surface area contributed by atoms with Gasteiger partial charge in [0.15, 0.2) is 6.29 Å². The maximum absolute atomic E-state index is 11.8. The lowest BCUT2D eigenvalue weighted by Crippen LogP contribution is -2.18. The van der Waals surface area contributed by atoms with E-state index in [-0.39, 0.29) is 10.2 Å². The zero-order valence-corrected chi connectivity index (χ0v) is 7.76. The standard InChI is InChI=1S/C6H4BrF3N2O/c7-4-1-12(3-6(8,9)10)11-5(4)2-13/h1-2H,3H2. The molecule has 72 valence electrons. The minimum atomic E-state index is -4.33. The van der Waals surface area contributed by atoms with Crippen molar-refractivity contribution in [3.05, 3.63) is 16.4 Å². The van der Waals surface area contributed by atoms with E-state index in [0.29, 0.717) is 11.0 Å². The fourth-order valence-corrected chi connectivity index (χ4v) is 1.17. The van der Waals surface area contributed by atoms with Crippen molar-refractivity contribution in [1.82, 2.24) is 9.78 Å². The zero-order chi connectivity index (χ0) is 10.1. The van der Waals surface area contributed by atoms with Gasteiger partial charge in [0, 0.05) is 6.20 Å². The molecule has 0 saturated heterocycles. The number of halogens is 4. The van der Waals surface area contributed by atoms with Crippen LogP contribution in [0.25, 0.3) is 0 Å². The van der Waals surface area contributed by atoms with Gasteiger partial charge in [0.2, 0.25) is 0 Å². The van der Waals surface area contributed by atoms with Crippen molar-refractivity contribution in [2.75, 3.05) is 0 Å². The molecule has 0 aromatic carbocycles. The van der Waals surface area contributed by atoms with Crippen molar-refractivity contribution >= 4 is 22.2 Å². The highest BCUT2D eigenvalue weighted by molar-refractivity contribution is 9.10. The Morgan fingerprint density at radius 2 is 2.23 bits per heavy atom. The maximum Gasteiger partial charge on any atom is 0.408 e. The van der Waals surface area contributed by atoms with E-state index in [9.17, 15) is 18.0 Å². The summed E-state index contributed by atoms with van der Waals surface area (Å²) in [6.07, 6.45) is -2.83. The smallest absolute Gasteiger partial charge is 0.296 e. The fraction of sp³-hybridized carbons (Fsp3) is 0.333. The Bertz CT molecular complexity index is 320. The Morgan fingerprint density at radius 1 is 1.62 bits per heavy atom. The van der Waals surface area contributed by atoms with Crippen LogP contribution >= 0.6 is 15.9 Å². The average Bonchev–Trinajstić information content (AvgIpc) is 2.26. The van der Waals surface area contributed by atoms with Gasteiger partial charge in [0.1, 0.15) is 12.2 Å². The number of rotatable bonds is 2. The molecule has 0 unspecified atom stereocenters. The second-order valence-electron chi connectivity index (χ2n) is 2.29. The number of hydrogen-bond acceptors (Lipinski definition) is 2. The lowest BCUT2D eigenvalue weighted by Gasteiger charge is -2.04. The SMILES string of the molecule is O=Cc1nn(CC(F)(F)F)cc1Br. The molecular weight excluding hydrogens is 253 g/mol. The van der Waals surface area contributed by atoms with Crippen molar-refractivity contribution in [3.8, 4) is 0 Å². The van der Waals surface area contributed by atoms with E-state index in [1.807, 2.05) is 0 Å². The van der Waals surface area contributed by atoms with Crippen molar-refractivity contribution in [1.29, 1.82) is 0 Å². The Morgan fingerprint density at radius 3 is 2.62 bits per heavy atom. The number of alkyl halides is 3. The Kier molecular flexibility index (Phi) is 2.74. The molecule has 0 aliphatic carbocycles. The molecule has 0 radical (unpaired) electrons. The fourth-order valence-electron chi connectivity index (χ4n) is 0.757. The molecule has 0 aliphatic heterocycles. The molecule has 3 nitrogen and oxygen atoms in total. The summed E-state index contributed by atoms with van der Waals surface area (Å²) in [5.74, 6) is 0. The van der Waals surface area contributed by atoms with Gasteiger partial charge in [0.05, 0.1) is 4.47 Å². The Balaban J connectivity index is 2.85. The number of carbonyl (C=O) groups is 1. The summed E-state index contributed by atoms with van der Waals surface area (Å²) in [4.78, 5) is 10.2. The maximum atomic E-state index is 11.8. The van der Waals surface area contributed by atoms with Crippen molar-refractivity contribution in [2.45, 2.75) is 12.7 Å². The van der Waals surface area contributed by atoms with Crippen LogP contribution in [0.4, 0.5) is 13.2 Å². The van der Waals surface area contributed by atoms with E-state index in [1.54, 1.807) is 0 Å². The van der Waals surface area contributed by atoms with Crippen LogP contribution in [-0.4, -0.2) is 22.2 Å². The molecule has 0 bridgehead atoms. The number of carbonyl (C=O) groups excluding carboxylic acids is 1. The van der Waals surface area contributed by atoms with Gasteiger partial charge in [0.25, 0.3) is 0 Å². The quantitative estimate of drug-likeness (QED) is 0.759. The van der Waals surface area contributed by atoms with E-state index in [1.165, 1.54) is 0 Å². The first-order chi connectivity index (χ1) is 5.92. The van der Waals surface area contributed by atoms with Crippen molar-refractivity contribution in [3.63, 3.8) is 0 Å². The van der Waals surface area contributed by atoms with Gasteiger partial charge >= 0.3 is 6.18 Å². The predicted octanol–water partition coefficient (Wildman–Crippen LogP) is 2.02. The molecule has 0 fully saturated rings. The Hall–Kier alpha value is -0.850. The molecule has 0 aliphatic rings. The second kappa shape index (κ2) is 3.49. The molecule has 1 aromatic rings. The molecule has 0 amide bonds. The van der Waals surface area contributed by atoms with Crippen LogP contribution in [0.15, 0.2) is 10.7 Å². The summed E-state index contributed by atoms with van der Waals surface area (Å²) < 4.78 is 36.4. The van der Waals surface area contributed by atoms with E-state index < -0.39 is 12.7 Å². The van der Waals surface area contributed by atoms with Gasteiger partial charge < -0.3 is 0 Å². The molecule has 7 heteroatoms. The summed E-state index contributed by atoms with van der Waals surface area (Å²) in [6.45, 7) is -1.19. The third-order valence-corrected chi connectivity index (χ3v) is 1.81. The number of nitrogens with zero attached hydrogens (tertiary/aromatic N) is 2. The van der Waals surface area contributed by atoms with Gasteiger partial charge in [-0.1, -0.05) is 0 Å². The van der Waals surface area contributed by atoms with Gasteiger partial charge in [-0.05, 0) is 15.9 Å². The normalized spacial score (nSPS) is 11.7. The Labute approximate surface area is 79.7 Å². The molecule has 0 N–H and O–H groups in total. The molecule has 0 spiro atoms. The van der Waals surface area contributed by atoms with E-state index >= 15 is 0 Å². The highest BCUT2D eigenvalue weighted by Crippen LogP contribution is 2.19. The minimum Gasteiger partial charge on any atom is -0.296 e. The molecular formula is C6H4BrF3N2O. The molecule has 13 heavy (non-hydrogen) atoms. The third-order valence-electron chi connectivity index (χ3n) is 1.20. The van der Waals surface area contributed by atoms with Crippen LogP contribution in [0.5, 0.6) is 0 Å². The lowest BCUT2D eigenvalue weighted by molar-refractivity contribution is -0.142. The highest BCUT2D eigenvalue weighted by Gasteiger charge is 2.28. The number of aromatic nitrogens is 2. The minimum absolute atomic E-state index is 0.0377. The molecule has 1 aromatic heterocycles. The summed E-state index contributed by atoms with van der Waals surface area (Å²) in [5, 5.41) is 3.40. The number of hydrogen-bond donors (Lipinski definition) is 0. The lowest BCUT2D eigenvalue weighted by atomic mass is 10.5.